The van der Waals surface area contributed by atoms with Gasteiger partial charge in [0.15, 0.2) is 5.13 Å². The maximum atomic E-state index is 12.1. The summed E-state index contributed by atoms with van der Waals surface area (Å²) in [7, 11) is 0. The Morgan fingerprint density at radius 3 is 2.62 bits per heavy atom. The van der Waals surface area contributed by atoms with Gasteiger partial charge in [-0.2, -0.15) is 0 Å². The second-order valence-electron chi connectivity index (χ2n) is 6.30. The number of nitrogens with zero attached hydrogens (tertiary/aromatic N) is 3. The quantitative estimate of drug-likeness (QED) is 0.796. The number of hydrogen-bond donors (Lipinski definition) is 0. The lowest BCUT2D eigenvalue weighted by Gasteiger charge is -2.26. The van der Waals surface area contributed by atoms with E-state index in [-0.39, 0.29) is 6.09 Å². The maximum absolute atomic E-state index is 12.1. The highest BCUT2D eigenvalue weighted by atomic mass is 32.1. The average Bonchev–Trinajstić information content (AvgIpc) is 2.95. The summed E-state index contributed by atoms with van der Waals surface area (Å²) in [4.78, 5) is 21.9. The predicted octanol–water partition coefficient (Wildman–Crippen LogP) is 2.23. The van der Waals surface area contributed by atoms with Gasteiger partial charge in [-0.15, -0.1) is 0 Å². The number of thiazole rings is 1. The largest absolute Gasteiger partial charge is 0.444 e. The van der Waals surface area contributed by atoms with E-state index >= 15 is 0 Å². The molecule has 21 heavy (non-hydrogen) atoms. The van der Waals surface area contributed by atoms with Crippen LogP contribution in [0.1, 0.15) is 31.3 Å². The third-order valence-electron chi connectivity index (χ3n) is 3.38. The van der Waals surface area contributed by atoms with Crippen LogP contribution < -0.4 is 4.90 Å². The number of rotatable bonds is 1. The summed E-state index contributed by atoms with van der Waals surface area (Å²) in [5.74, 6) is 0. The van der Waals surface area contributed by atoms with Gasteiger partial charge in [0.05, 0.1) is 36.9 Å². The van der Waals surface area contributed by atoms with Crippen molar-refractivity contribution in [2.24, 2.45) is 0 Å². The molecule has 0 aromatic carbocycles. The Kier molecular flexibility index (Phi) is 3.79. The van der Waals surface area contributed by atoms with Gasteiger partial charge < -0.3 is 14.4 Å². The summed E-state index contributed by atoms with van der Waals surface area (Å²) < 4.78 is 10.8. The van der Waals surface area contributed by atoms with Crippen LogP contribution in [0.15, 0.2) is 0 Å². The van der Waals surface area contributed by atoms with Gasteiger partial charge in [-0.3, -0.25) is 4.90 Å². The molecule has 0 saturated carbocycles. The predicted molar refractivity (Wildman–Crippen MR) is 80.6 cm³/mol. The number of anilines is 1. The zero-order chi connectivity index (χ0) is 15.0. The van der Waals surface area contributed by atoms with Crippen LogP contribution in [0.2, 0.25) is 0 Å². The van der Waals surface area contributed by atoms with Gasteiger partial charge in [-0.05, 0) is 20.8 Å². The van der Waals surface area contributed by atoms with Crippen molar-refractivity contribution in [3.8, 4) is 0 Å². The molecule has 2 aliphatic heterocycles. The Morgan fingerprint density at radius 2 is 2.00 bits per heavy atom. The number of ether oxygens (including phenoxy) is 2. The fraction of sp³-hybridized carbons (Fsp3) is 0.714. The molecule has 0 bridgehead atoms. The third-order valence-corrected chi connectivity index (χ3v) is 4.52. The maximum Gasteiger partial charge on any atom is 0.410 e. The van der Waals surface area contributed by atoms with Gasteiger partial charge in [0, 0.05) is 13.1 Å². The van der Waals surface area contributed by atoms with Crippen molar-refractivity contribution in [3.63, 3.8) is 0 Å². The number of hydrogen-bond acceptors (Lipinski definition) is 6. The van der Waals surface area contributed by atoms with Crippen molar-refractivity contribution >= 4 is 22.6 Å². The van der Waals surface area contributed by atoms with Gasteiger partial charge in [0.2, 0.25) is 0 Å². The third kappa shape index (κ3) is 3.29. The molecule has 0 unspecified atom stereocenters. The van der Waals surface area contributed by atoms with Gasteiger partial charge in [0.25, 0.3) is 0 Å². The minimum atomic E-state index is -0.459. The highest BCUT2D eigenvalue weighted by Crippen LogP contribution is 2.33. The first kappa shape index (κ1) is 14.6. The first-order chi connectivity index (χ1) is 9.92. The molecule has 1 amide bonds. The molecule has 0 spiro atoms. The summed E-state index contributed by atoms with van der Waals surface area (Å²) in [6.45, 7) is 10.1. The Labute approximate surface area is 128 Å². The van der Waals surface area contributed by atoms with Crippen molar-refractivity contribution < 1.29 is 14.3 Å². The lowest BCUT2D eigenvalue weighted by atomic mass is 10.2. The molecule has 1 aromatic rings. The lowest BCUT2D eigenvalue weighted by molar-refractivity contribution is 0.0241. The minimum absolute atomic E-state index is 0.263. The number of morpholine rings is 1. The molecule has 2 aliphatic rings. The van der Waals surface area contributed by atoms with E-state index in [1.54, 1.807) is 16.2 Å². The molecule has 0 aliphatic carbocycles. The smallest absolute Gasteiger partial charge is 0.410 e. The number of fused-ring (bicyclic) bond motifs is 1. The minimum Gasteiger partial charge on any atom is -0.444 e. The first-order valence-corrected chi connectivity index (χ1v) is 8.03. The monoisotopic (exact) mass is 311 g/mol. The second-order valence-corrected chi connectivity index (χ2v) is 7.36. The van der Waals surface area contributed by atoms with Gasteiger partial charge in [-0.25, -0.2) is 9.78 Å². The number of amides is 1. The summed E-state index contributed by atoms with van der Waals surface area (Å²) in [5.41, 5.74) is 0.548. The van der Waals surface area contributed by atoms with Crippen molar-refractivity contribution in [1.29, 1.82) is 0 Å². The fourth-order valence-electron chi connectivity index (χ4n) is 2.37. The van der Waals surface area contributed by atoms with E-state index in [4.69, 9.17) is 9.47 Å². The van der Waals surface area contributed by atoms with Crippen molar-refractivity contribution in [1.82, 2.24) is 9.88 Å². The SMILES string of the molecule is CC(C)(C)OC(=O)N1Cc2nc(N3CCOCC3)sc2C1. The van der Waals surface area contributed by atoms with Crippen LogP contribution in [0.3, 0.4) is 0 Å². The molecule has 6 nitrogen and oxygen atoms in total. The first-order valence-electron chi connectivity index (χ1n) is 7.21. The van der Waals surface area contributed by atoms with Crippen LogP contribution in [0.4, 0.5) is 9.93 Å². The van der Waals surface area contributed by atoms with Crippen LogP contribution in [-0.4, -0.2) is 47.9 Å². The zero-order valence-electron chi connectivity index (χ0n) is 12.7. The molecular weight excluding hydrogens is 290 g/mol. The Hall–Kier alpha value is -1.34. The summed E-state index contributed by atoms with van der Waals surface area (Å²) >= 11 is 1.68. The number of aromatic nitrogens is 1. The van der Waals surface area contributed by atoms with Crippen LogP contribution in [0.25, 0.3) is 0 Å². The second kappa shape index (κ2) is 5.46. The molecular formula is C14H21N3O3S. The molecule has 7 heteroatoms. The lowest BCUT2D eigenvalue weighted by Crippen LogP contribution is -2.36. The van der Waals surface area contributed by atoms with Crippen LogP contribution in [-0.2, 0) is 22.6 Å². The highest BCUT2D eigenvalue weighted by molar-refractivity contribution is 7.15. The molecule has 1 aromatic heterocycles. The molecule has 0 N–H and O–H groups in total. The average molecular weight is 311 g/mol. The zero-order valence-corrected chi connectivity index (χ0v) is 13.5. The molecule has 1 fully saturated rings. The van der Waals surface area contributed by atoms with Crippen LogP contribution in [0, 0.1) is 0 Å². The topological polar surface area (TPSA) is 54.9 Å². The number of carbonyl (C=O) groups is 1. The highest BCUT2D eigenvalue weighted by Gasteiger charge is 2.31. The van der Waals surface area contributed by atoms with E-state index in [1.807, 2.05) is 20.8 Å². The van der Waals surface area contributed by atoms with Crippen LogP contribution in [0.5, 0.6) is 0 Å². The molecule has 1 saturated heterocycles. The van der Waals surface area contributed by atoms with E-state index in [0.29, 0.717) is 13.1 Å². The van der Waals surface area contributed by atoms with E-state index in [0.717, 1.165) is 37.1 Å². The van der Waals surface area contributed by atoms with Crippen molar-refractivity contribution in [2.45, 2.75) is 39.5 Å². The van der Waals surface area contributed by atoms with Crippen molar-refractivity contribution in [3.05, 3.63) is 10.6 Å². The fourth-order valence-corrected chi connectivity index (χ4v) is 3.51. The Bertz CT molecular complexity index is 509. The van der Waals surface area contributed by atoms with E-state index in [2.05, 4.69) is 9.88 Å². The van der Waals surface area contributed by atoms with E-state index in [1.165, 1.54) is 4.88 Å². The molecule has 116 valence electrons. The molecule has 3 heterocycles. The molecule has 3 rings (SSSR count). The summed E-state index contributed by atoms with van der Waals surface area (Å²) in [6.07, 6.45) is -0.263. The van der Waals surface area contributed by atoms with E-state index < -0.39 is 5.60 Å². The summed E-state index contributed by atoms with van der Waals surface area (Å²) in [6, 6.07) is 0. The number of carbonyl (C=O) groups excluding carboxylic acids is 1. The normalized spacial score (nSPS) is 18.8. The molecule has 0 radical (unpaired) electrons. The van der Waals surface area contributed by atoms with Gasteiger partial charge in [-0.1, -0.05) is 11.3 Å². The van der Waals surface area contributed by atoms with Crippen molar-refractivity contribution in [2.75, 3.05) is 31.2 Å². The standard InChI is InChI=1S/C14H21N3O3S/c1-14(2,3)20-13(18)17-8-10-11(9-17)21-12(15-10)16-4-6-19-7-5-16/h4-9H2,1-3H3. The van der Waals surface area contributed by atoms with Crippen LogP contribution >= 0.6 is 11.3 Å². The molecule has 0 atom stereocenters. The Balaban J connectivity index is 1.63. The van der Waals surface area contributed by atoms with Gasteiger partial charge >= 0.3 is 6.09 Å². The van der Waals surface area contributed by atoms with E-state index in [9.17, 15) is 4.79 Å². The van der Waals surface area contributed by atoms with Gasteiger partial charge in [0.1, 0.15) is 5.60 Å². The Morgan fingerprint density at radius 1 is 1.29 bits per heavy atom. The summed E-state index contributed by atoms with van der Waals surface area (Å²) in [5, 5.41) is 1.05.